The maximum absolute atomic E-state index is 12.8. The molecule has 154 valence electrons. The van der Waals surface area contributed by atoms with Crippen LogP contribution in [0.4, 0.5) is 5.69 Å². The van der Waals surface area contributed by atoms with E-state index in [-0.39, 0.29) is 34.9 Å². The number of Topliss-reactive ketones (excluding diaryl/α,β-unsaturated/α-hetero) is 1. The van der Waals surface area contributed by atoms with Gasteiger partial charge in [-0.2, -0.15) is 0 Å². The van der Waals surface area contributed by atoms with Crippen LogP contribution in [0.5, 0.6) is 0 Å². The molecule has 9 heteroatoms. The Morgan fingerprint density at radius 2 is 1.73 bits per heavy atom. The molecule has 2 bridgehead atoms. The summed E-state index contributed by atoms with van der Waals surface area (Å²) in [4.78, 5) is 61.2. The molecule has 4 aliphatic carbocycles. The number of nitrogens with zero attached hydrogens (tertiary/aromatic N) is 2. The fraction of sp³-hybridized carbons (Fsp3) is 0.429. The molecule has 6 atom stereocenters. The smallest absolute Gasteiger partial charge is 0.326 e. The van der Waals surface area contributed by atoms with Gasteiger partial charge < -0.3 is 4.74 Å². The second-order valence-electron chi connectivity index (χ2n) is 8.31. The van der Waals surface area contributed by atoms with E-state index in [2.05, 4.69) is 0 Å². The maximum Gasteiger partial charge on any atom is 0.326 e. The van der Waals surface area contributed by atoms with Gasteiger partial charge in [-0.1, -0.05) is 24.3 Å². The van der Waals surface area contributed by atoms with Gasteiger partial charge in [-0.25, -0.2) is 0 Å². The Labute approximate surface area is 170 Å². The van der Waals surface area contributed by atoms with E-state index in [1.54, 1.807) is 0 Å². The normalized spacial score (nSPS) is 32.6. The lowest BCUT2D eigenvalue weighted by Crippen LogP contribution is -2.40. The van der Waals surface area contributed by atoms with Gasteiger partial charge in [0, 0.05) is 17.7 Å². The number of nitro groups is 1. The molecule has 1 aromatic rings. The van der Waals surface area contributed by atoms with Crippen LogP contribution in [-0.4, -0.2) is 46.5 Å². The highest BCUT2D eigenvalue weighted by Crippen LogP contribution is 2.65. The molecule has 5 aliphatic rings. The lowest BCUT2D eigenvalue weighted by atomic mass is 9.63. The minimum atomic E-state index is -0.861. The molecule has 9 nitrogen and oxygen atoms in total. The Morgan fingerprint density at radius 1 is 1.10 bits per heavy atom. The number of carbonyl (C=O) groups is 4. The number of ether oxygens (including phenoxy) is 1. The van der Waals surface area contributed by atoms with Gasteiger partial charge in [0.15, 0.2) is 6.61 Å². The second kappa shape index (κ2) is 6.58. The highest BCUT2D eigenvalue weighted by molar-refractivity contribution is 6.08. The van der Waals surface area contributed by atoms with Crippen molar-refractivity contribution in [1.82, 2.24) is 4.90 Å². The Hall–Kier alpha value is -3.36. The summed E-state index contributed by atoms with van der Waals surface area (Å²) >= 11 is 0. The molecule has 0 aromatic heterocycles. The van der Waals surface area contributed by atoms with E-state index in [9.17, 15) is 29.3 Å². The molecular weight excluding hydrogens is 392 g/mol. The number of nitro benzene ring substituents is 1. The lowest BCUT2D eigenvalue weighted by Gasteiger charge is -2.37. The first kappa shape index (κ1) is 18.7. The summed E-state index contributed by atoms with van der Waals surface area (Å²) in [6, 6.07) is 5.10. The Bertz CT molecular complexity index is 996. The molecule has 6 rings (SSSR count). The number of non-ortho nitro benzene ring substituents is 1. The van der Waals surface area contributed by atoms with Crippen LogP contribution >= 0.6 is 0 Å². The lowest BCUT2D eigenvalue weighted by molar-refractivity contribution is -0.384. The molecule has 0 spiro atoms. The average Bonchev–Trinajstić information content (AvgIpc) is 3.53. The number of ketones is 1. The number of likely N-dealkylation sites (tertiary alicyclic amines) is 1. The number of imide groups is 1. The Balaban J connectivity index is 1.21. The predicted molar refractivity (Wildman–Crippen MR) is 99.8 cm³/mol. The quantitative estimate of drug-likeness (QED) is 0.173. The number of amides is 2. The number of hydrogen-bond donors (Lipinski definition) is 0. The maximum atomic E-state index is 12.8. The van der Waals surface area contributed by atoms with Gasteiger partial charge in [0.25, 0.3) is 5.69 Å². The van der Waals surface area contributed by atoms with Crippen molar-refractivity contribution in [3.05, 3.63) is 52.1 Å². The van der Waals surface area contributed by atoms with Crippen LogP contribution in [0, 0.1) is 45.6 Å². The third-order valence-electron chi connectivity index (χ3n) is 6.78. The molecule has 1 heterocycles. The molecule has 1 saturated heterocycles. The zero-order valence-electron chi connectivity index (χ0n) is 15.8. The van der Waals surface area contributed by atoms with Gasteiger partial charge in [0.1, 0.15) is 6.54 Å². The highest BCUT2D eigenvalue weighted by atomic mass is 16.6. The number of carbonyl (C=O) groups excluding carboxylic acids is 4. The van der Waals surface area contributed by atoms with Crippen molar-refractivity contribution in [2.75, 3.05) is 13.2 Å². The summed E-state index contributed by atoms with van der Waals surface area (Å²) in [6.07, 6.45) is 5.15. The minimum absolute atomic E-state index is 0.0400. The van der Waals surface area contributed by atoms with E-state index in [1.165, 1.54) is 18.2 Å². The molecule has 3 fully saturated rings. The number of esters is 1. The summed E-state index contributed by atoms with van der Waals surface area (Å²) in [5.41, 5.74) is -0.206. The van der Waals surface area contributed by atoms with Crippen LogP contribution < -0.4 is 0 Å². The van der Waals surface area contributed by atoms with Crippen molar-refractivity contribution in [2.24, 2.45) is 35.5 Å². The molecular formula is C21H18N2O7. The van der Waals surface area contributed by atoms with Crippen LogP contribution in [0.15, 0.2) is 36.4 Å². The molecule has 1 aliphatic heterocycles. The molecule has 0 unspecified atom stereocenters. The van der Waals surface area contributed by atoms with Crippen LogP contribution in [0.1, 0.15) is 16.8 Å². The van der Waals surface area contributed by atoms with Crippen molar-refractivity contribution in [3.63, 3.8) is 0 Å². The number of benzene rings is 1. The molecule has 2 amide bonds. The first-order valence-corrected chi connectivity index (χ1v) is 9.83. The van der Waals surface area contributed by atoms with Gasteiger partial charge in [-0.15, -0.1) is 0 Å². The van der Waals surface area contributed by atoms with Crippen molar-refractivity contribution in [2.45, 2.75) is 6.42 Å². The van der Waals surface area contributed by atoms with Gasteiger partial charge in [0.2, 0.25) is 17.6 Å². The van der Waals surface area contributed by atoms with E-state index in [0.717, 1.165) is 17.4 Å². The largest absolute Gasteiger partial charge is 0.456 e. The van der Waals surface area contributed by atoms with E-state index < -0.39 is 41.7 Å². The SMILES string of the molecule is O=C(CN1C(=O)[C@H]2[C@@H]3C=C[C@H]([C@H]4C[C@H]34)[C@@H]2C1=O)OCC(=O)c1cccc([N+](=O)[O-])c1. The Morgan fingerprint density at radius 3 is 2.33 bits per heavy atom. The second-order valence-corrected chi connectivity index (χ2v) is 8.31. The van der Waals surface area contributed by atoms with Crippen molar-refractivity contribution < 1.29 is 28.8 Å². The predicted octanol–water partition coefficient (Wildman–Crippen LogP) is 1.37. The zero-order valence-corrected chi connectivity index (χ0v) is 15.8. The summed E-state index contributed by atoms with van der Waals surface area (Å²) in [7, 11) is 0. The first-order valence-electron chi connectivity index (χ1n) is 9.83. The van der Waals surface area contributed by atoms with Crippen molar-refractivity contribution >= 4 is 29.3 Å². The summed E-state index contributed by atoms with van der Waals surface area (Å²) in [5.74, 6) is -1.85. The first-order chi connectivity index (χ1) is 14.4. The summed E-state index contributed by atoms with van der Waals surface area (Å²) in [6.45, 7) is -1.15. The third kappa shape index (κ3) is 2.76. The molecule has 30 heavy (non-hydrogen) atoms. The fourth-order valence-electron chi connectivity index (χ4n) is 5.37. The Kier molecular flexibility index (Phi) is 4.09. The van der Waals surface area contributed by atoms with Gasteiger partial charge in [-0.05, 0) is 30.1 Å². The van der Waals surface area contributed by atoms with Gasteiger partial charge in [-0.3, -0.25) is 34.2 Å². The number of allylic oxidation sites excluding steroid dienone is 2. The van der Waals surface area contributed by atoms with Crippen molar-refractivity contribution in [3.8, 4) is 0 Å². The molecule has 2 saturated carbocycles. The van der Waals surface area contributed by atoms with Crippen LogP contribution in [-0.2, 0) is 19.1 Å². The van der Waals surface area contributed by atoms with Crippen LogP contribution in [0.3, 0.4) is 0 Å². The molecule has 1 aromatic carbocycles. The highest BCUT2D eigenvalue weighted by Gasteiger charge is 2.67. The average molecular weight is 410 g/mol. The van der Waals surface area contributed by atoms with Crippen LogP contribution in [0.25, 0.3) is 0 Å². The van der Waals surface area contributed by atoms with E-state index in [4.69, 9.17) is 4.74 Å². The van der Waals surface area contributed by atoms with Gasteiger partial charge in [0.05, 0.1) is 16.8 Å². The summed E-state index contributed by atoms with van der Waals surface area (Å²) in [5, 5.41) is 10.8. The molecule has 0 radical (unpaired) electrons. The fourth-order valence-corrected chi connectivity index (χ4v) is 5.37. The molecule has 0 N–H and O–H groups in total. The number of rotatable bonds is 6. The van der Waals surface area contributed by atoms with E-state index in [0.29, 0.717) is 11.8 Å². The van der Waals surface area contributed by atoms with E-state index in [1.807, 2.05) is 12.2 Å². The minimum Gasteiger partial charge on any atom is -0.456 e. The number of hydrogen-bond acceptors (Lipinski definition) is 7. The van der Waals surface area contributed by atoms with E-state index >= 15 is 0 Å². The standard InChI is InChI=1S/C21H18N2O7/c24-16(10-2-1-3-11(6-10)23(28)29)9-30-17(25)8-22-20(26)18-12-4-5-13(15-7-14(12)15)19(18)21(22)27/h1-6,12-15,18-19H,7-9H2/t12-,13-,14-,15-,18+,19+/m1/s1. The topological polar surface area (TPSA) is 124 Å². The van der Waals surface area contributed by atoms with Crippen LogP contribution in [0.2, 0.25) is 0 Å². The monoisotopic (exact) mass is 410 g/mol. The summed E-state index contributed by atoms with van der Waals surface area (Å²) < 4.78 is 4.95. The van der Waals surface area contributed by atoms with Crippen molar-refractivity contribution in [1.29, 1.82) is 0 Å². The third-order valence-corrected chi connectivity index (χ3v) is 6.78. The zero-order chi connectivity index (χ0) is 21.2. The van der Waals surface area contributed by atoms with Gasteiger partial charge >= 0.3 is 5.97 Å².